The van der Waals surface area contributed by atoms with Gasteiger partial charge in [-0.1, -0.05) is 0 Å². The number of carbonyl (C=O) groups is 2. The molecule has 0 aliphatic rings. The first-order valence-corrected chi connectivity index (χ1v) is 8.03. The van der Waals surface area contributed by atoms with E-state index in [-0.39, 0.29) is 30.2 Å². The lowest BCUT2D eigenvalue weighted by atomic mass is 10.2. The molecule has 2 aromatic rings. The van der Waals surface area contributed by atoms with Gasteiger partial charge in [0.2, 0.25) is 5.91 Å². The normalized spacial score (nSPS) is 12.4. The molecule has 2 aromatic heterocycles. The third kappa shape index (κ3) is 3.79. The standard InChI is InChI=1S/C15H20N4O2S/c1-9(2)19-8-16-18-15(19)10(3)17-14(21)6-12-5-13(11(4)20)22-7-12/h5,7-10H,6H2,1-4H3,(H,17,21). The van der Waals surface area contributed by atoms with Crippen molar-refractivity contribution in [1.29, 1.82) is 0 Å². The van der Waals surface area contributed by atoms with Crippen molar-refractivity contribution < 1.29 is 9.59 Å². The maximum Gasteiger partial charge on any atom is 0.225 e. The molecule has 2 rings (SSSR count). The lowest BCUT2D eigenvalue weighted by molar-refractivity contribution is -0.121. The number of aromatic nitrogens is 3. The molecule has 1 unspecified atom stereocenters. The number of nitrogens with zero attached hydrogens (tertiary/aromatic N) is 3. The Morgan fingerprint density at radius 2 is 2.09 bits per heavy atom. The summed E-state index contributed by atoms with van der Waals surface area (Å²) in [5.41, 5.74) is 0.852. The molecular formula is C15H20N4O2S. The van der Waals surface area contributed by atoms with Gasteiger partial charge in [0.05, 0.1) is 17.3 Å². The fourth-order valence-electron chi connectivity index (χ4n) is 2.15. The lowest BCUT2D eigenvalue weighted by Gasteiger charge is -2.16. The van der Waals surface area contributed by atoms with Crippen molar-refractivity contribution in [3.05, 3.63) is 34.0 Å². The van der Waals surface area contributed by atoms with Crippen LogP contribution < -0.4 is 5.32 Å². The van der Waals surface area contributed by atoms with Gasteiger partial charge in [-0.2, -0.15) is 0 Å². The summed E-state index contributed by atoms with van der Waals surface area (Å²) >= 11 is 1.37. The van der Waals surface area contributed by atoms with Crippen LogP contribution in [0.4, 0.5) is 0 Å². The average Bonchev–Trinajstić information content (AvgIpc) is 3.06. The maximum atomic E-state index is 12.1. The SMILES string of the molecule is CC(=O)c1cc(CC(=O)NC(C)c2nncn2C(C)C)cs1. The minimum atomic E-state index is -0.219. The van der Waals surface area contributed by atoms with Crippen LogP contribution in [0.15, 0.2) is 17.8 Å². The van der Waals surface area contributed by atoms with E-state index in [0.29, 0.717) is 4.88 Å². The third-order valence-corrected chi connectivity index (χ3v) is 4.37. The van der Waals surface area contributed by atoms with E-state index in [1.54, 1.807) is 12.4 Å². The number of ketones is 1. The number of carbonyl (C=O) groups excluding carboxylic acids is 2. The summed E-state index contributed by atoms with van der Waals surface area (Å²) in [5, 5.41) is 12.8. The van der Waals surface area contributed by atoms with E-state index in [1.807, 2.05) is 30.7 Å². The van der Waals surface area contributed by atoms with Crippen molar-refractivity contribution in [2.75, 3.05) is 0 Å². The van der Waals surface area contributed by atoms with Crippen molar-refractivity contribution in [3.8, 4) is 0 Å². The van der Waals surface area contributed by atoms with Crippen LogP contribution >= 0.6 is 11.3 Å². The second-order valence-electron chi connectivity index (χ2n) is 5.53. The first-order chi connectivity index (χ1) is 10.4. The Morgan fingerprint density at radius 1 is 1.36 bits per heavy atom. The average molecular weight is 320 g/mol. The maximum absolute atomic E-state index is 12.1. The second kappa shape index (κ2) is 6.83. The lowest BCUT2D eigenvalue weighted by Crippen LogP contribution is -2.30. The summed E-state index contributed by atoms with van der Waals surface area (Å²) < 4.78 is 1.93. The van der Waals surface area contributed by atoms with Gasteiger partial charge >= 0.3 is 0 Å². The van der Waals surface area contributed by atoms with Gasteiger partial charge in [-0.25, -0.2) is 0 Å². The molecule has 0 saturated carbocycles. The van der Waals surface area contributed by atoms with Crippen molar-refractivity contribution in [1.82, 2.24) is 20.1 Å². The minimum Gasteiger partial charge on any atom is -0.346 e. The second-order valence-corrected chi connectivity index (χ2v) is 6.44. The number of hydrogen-bond acceptors (Lipinski definition) is 5. The Bertz CT molecular complexity index is 675. The number of nitrogens with one attached hydrogen (secondary N) is 1. The van der Waals surface area contributed by atoms with Crippen molar-refractivity contribution in [2.45, 2.75) is 46.2 Å². The molecule has 7 heteroatoms. The summed E-state index contributed by atoms with van der Waals surface area (Å²) in [7, 11) is 0. The number of hydrogen-bond donors (Lipinski definition) is 1. The molecule has 0 aromatic carbocycles. The van der Waals surface area contributed by atoms with Crippen LogP contribution in [0, 0.1) is 0 Å². The summed E-state index contributed by atoms with van der Waals surface area (Å²) in [5.74, 6) is 0.659. The minimum absolute atomic E-state index is 0.0232. The Balaban J connectivity index is 1.98. The van der Waals surface area contributed by atoms with E-state index in [2.05, 4.69) is 15.5 Å². The van der Waals surface area contributed by atoms with Gasteiger partial charge in [-0.15, -0.1) is 21.5 Å². The van der Waals surface area contributed by atoms with E-state index in [1.165, 1.54) is 18.3 Å². The fourth-order valence-corrected chi connectivity index (χ4v) is 2.97. The Hall–Kier alpha value is -2.02. The molecule has 0 bridgehead atoms. The molecule has 2 heterocycles. The van der Waals surface area contributed by atoms with Crippen molar-refractivity contribution >= 4 is 23.0 Å². The largest absolute Gasteiger partial charge is 0.346 e. The highest BCUT2D eigenvalue weighted by atomic mass is 32.1. The van der Waals surface area contributed by atoms with Gasteiger partial charge in [-0.05, 0) is 44.7 Å². The van der Waals surface area contributed by atoms with Crippen LogP contribution in [0.25, 0.3) is 0 Å². The van der Waals surface area contributed by atoms with Gasteiger partial charge < -0.3 is 9.88 Å². The predicted molar refractivity (Wildman–Crippen MR) is 85.0 cm³/mol. The number of Topliss-reactive ketones (excluding diaryl/α,β-unsaturated/α-hetero) is 1. The van der Waals surface area contributed by atoms with Crippen molar-refractivity contribution in [2.24, 2.45) is 0 Å². The number of rotatable bonds is 6. The highest BCUT2D eigenvalue weighted by Gasteiger charge is 2.17. The predicted octanol–water partition coefficient (Wildman–Crippen LogP) is 2.54. The number of thiophene rings is 1. The molecule has 1 atom stereocenters. The van der Waals surface area contributed by atoms with Gasteiger partial charge in [-0.3, -0.25) is 9.59 Å². The number of amides is 1. The highest BCUT2D eigenvalue weighted by Crippen LogP contribution is 2.17. The van der Waals surface area contributed by atoms with E-state index in [4.69, 9.17) is 0 Å². The molecular weight excluding hydrogens is 300 g/mol. The van der Waals surface area contributed by atoms with E-state index in [0.717, 1.165) is 11.4 Å². The summed E-state index contributed by atoms with van der Waals surface area (Å²) in [6.45, 7) is 7.48. The molecule has 1 N–H and O–H groups in total. The molecule has 0 aliphatic heterocycles. The molecule has 118 valence electrons. The monoisotopic (exact) mass is 320 g/mol. The van der Waals surface area contributed by atoms with E-state index < -0.39 is 0 Å². The molecule has 22 heavy (non-hydrogen) atoms. The zero-order valence-electron chi connectivity index (χ0n) is 13.2. The zero-order chi connectivity index (χ0) is 16.3. The Kier molecular flexibility index (Phi) is 5.07. The van der Waals surface area contributed by atoms with Gasteiger partial charge in [0.1, 0.15) is 6.33 Å². The molecule has 0 fully saturated rings. The summed E-state index contributed by atoms with van der Waals surface area (Å²) in [6.07, 6.45) is 1.92. The third-order valence-electron chi connectivity index (χ3n) is 3.29. The van der Waals surface area contributed by atoms with Crippen LogP contribution in [-0.2, 0) is 11.2 Å². The van der Waals surface area contributed by atoms with Gasteiger partial charge in [0, 0.05) is 6.04 Å². The summed E-state index contributed by atoms with van der Waals surface area (Å²) in [4.78, 5) is 24.1. The molecule has 0 spiro atoms. The Morgan fingerprint density at radius 3 is 2.68 bits per heavy atom. The molecule has 0 radical (unpaired) electrons. The fraction of sp³-hybridized carbons (Fsp3) is 0.467. The van der Waals surface area contributed by atoms with Gasteiger partial charge in [0.25, 0.3) is 0 Å². The van der Waals surface area contributed by atoms with E-state index >= 15 is 0 Å². The zero-order valence-corrected chi connectivity index (χ0v) is 14.0. The van der Waals surface area contributed by atoms with Crippen LogP contribution in [0.2, 0.25) is 0 Å². The first-order valence-electron chi connectivity index (χ1n) is 7.15. The Labute approximate surface area is 133 Å². The topological polar surface area (TPSA) is 76.9 Å². The van der Waals surface area contributed by atoms with E-state index in [9.17, 15) is 9.59 Å². The van der Waals surface area contributed by atoms with Crippen LogP contribution in [0.1, 0.15) is 60.8 Å². The smallest absolute Gasteiger partial charge is 0.225 e. The first kappa shape index (κ1) is 16.4. The van der Waals surface area contributed by atoms with Crippen LogP contribution in [0.5, 0.6) is 0 Å². The van der Waals surface area contributed by atoms with Gasteiger partial charge in [0.15, 0.2) is 11.6 Å². The van der Waals surface area contributed by atoms with Crippen LogP contribution in [0.3, 0.4) is 0 Å². The van der Waals surface area contributed by atoms with Crippen LogP contribution in [-0.4, -0.2) is 26.5 Å². The van der Waals surface area contributed by atoms with Crippen molar-refractivity contribution in [3.63, 3.8) is 0 Å². The molecule has 0 saturated heterocycles. The molecule has 6 nitrogen and oxygen atoms in total. The quantitative estimate of drug-likeness (QED) is 0.830. The molecule has 1 amide bonds. The summed E-state index contributed by atoms with van der Waals surface area (Å²) in [6, 6.07) is 1.79. The highest BCUT2D eigenvalue weighted by molar-refractivity contribution is 7.12. The molecule has 0 aliphatic carbocycles.